The highest BCUT2D eigenvalue weighted by atomic mass is 32.1. The van der Waals surface area contributed by atoms with E-state index in [1.165, 1.54) is 20.8 Å². The molecule has 0 bridgehead atoms. The Morgan fingerprint density at radius 3 is 2.56 bits per heavy atom. The van der Waals surface area contributed by atoms with Crippen molar-refractivity contribution in [3.05, 3.63) is 36.9 Å². The standard InChI is InChI=1S/C18H27N5O3S/c1-4-6-8-10-22(17(25)14-12(3)20-11-27-14)13-15(19)23(9-7-5-2)18(26)21-16(13)24/h11H,4-10,19H2,1-3H3,(H,21,24,26). The molecular formula is C18H27N5O3S. The van der Waals surface area contributed by atoms with Gasteiger partial charge in [0, 0.05) is 13.1 Å². The lowest BCUT2D eigenvalue weighted by Gasteiger charge is -2.24. The molecule has 2 heterocycles. The van der Waals surface area contributed by atoms with Crippen LogP contribution in [0.1, 0.15) is 61.3 Å². The number of hydrogen-bond acceptors (Lipinski definition) is 6. The molecule has 3 N–H and O–H groups in total. The number of hydrogen-bond donors (Lipinski definition) is 2. The maximum absolute atomic E-state index is 13.1. The van der Waals surface area contributed by atoms with Crippen LogP contribution in [0.2, 0.25) is 0 Å². The van der Waals surface area contributed by atoms with Crippen molar-refractivity contribution in [3.63, 3.8) is 0 Å². The molecule has 1 amide bonds. The van der Waals surface area contributed by atoms with Crippen LogP contribution >= 0.6 is 11.3 Å². The van der Waals surface area contributed by atoms with Crippen LogP contribution in [0, 0.1) is 6.92 Å². The van der Waals surface area contributed by atoms with Crippen molar-refractivity contribution in [2.45, 2.75) is 59.4 Å². The van der Waals surface area contributed by atoms with E-state index in [1.807, 2.05) is 6.92 Å². The Balaban J connectivity index is 2.54. The molecule has 27 heavy (non-hydrogen) atoms. The summed E-state index contributed by atoms with van der Waals surface area (Å²) in [6, 6.07) is 0. The van der Waals surface area contributed by atoms with Gasteiger partial charge in [0.05, 0.1) is 11.2 Å². The molecule has 0 unspecified atom stereocenters. The van der Waals surface area contributed by atoms with E-state index in [4.69, 9.17) is 5.73 Å². The first-order chi connectivity index (χ1) is 12.9. The van der Waals surface area contributed by atoms with Gasteiger partial charge in [0.15, 0.2) is 5.69 Å². The Morgan fingerprint density at radius 1 is 1.26 bits per heavy atom. The van der Waals surface area contributed by atoms with Gasteiger partial charge in [-0.3, -0.25) is 24.0 Å². The summed E-state index contributed by atoms with van der Waals surface area (Å²) in [6.07, 6.45) is 4.24. The first-order valence-electron chi connectivity index (χ1n) is 9.26. The first kappa shape index (κ1) is 20.9. The van der Waals surface area contributed by atoms with E-state index >= 15 is 0 Å². The summed E-state index contributed by atoms with van der Waals surface area (Å²) in [4.78, 5) is 46.2. The SMILES string of the molecule is CCCCCN(C(=O)c1scnc1C)c1c(N)n(CCCC)c(=O)[nH]c1=O. The van der Waals surface area contributed by atoms with Gasteiger partial charge in [-0.15, -0.1) is 11.3 Å². The van der Waals surface area contributed by atoms with Crippen molar-refractivity contribution in [1.82, 2.24) is 14.5 Å². The molecule has 0 saturated carbocycles. The Labute approximate surface area is 162 Å². The number of rotatable bonds is 9. The summed E-state index contributed by atoms with van der Waals surface area (Å²) in [7, 11) is 0. The van der Waals surface area contributed by atoms with Gasteiger partial charge in [-0.25, -0.2) is 9.78 Å². The highest BCUT2D eigenvalue weighted by molar-refractivity contribution is 7.12. The average Bonchev–Trinajstić information content (AvgIpc) is 3.05. The minimum Gasteiger partial charge on any atom is -0.383 e. The molecule has 0 aliphatic heterocycles. The zero-order valence-corrected chi connectivity index (χ0v) is 16.9. The molecule has 2 rings (SSSR count). The second-order valence-electron chi connectivity index (χ2n) is 6.43. The zero-order chi connectivity index (χ0) is 20.0. The second kappa shape index (κ2) is 9.50. The number of carbonyl (C=O) groups excluding carboxylic acids is 1. The van der Waals surface area contributed by atoms with Crippen molar-refractivity contribution in [1.29, 1.82) is 0 Å². The van der Waals surface area contributed by atoms with Gasteiger partial charge in [0.1, 0.15) is 10.7 Å². The van der Waals surface area contributed by atoms with Crippen LogP contribution < -0.4 is 21.9 Å². The van der Waals surface area contributed by atoms with Crippen LogP contribution in [-0.2, 0) is 6.54 Å². The Morgan fingerprint density at radius 2 is 1.96 bits per heavy atom. The number of unbranched alkanes of at least 4 members (excludes halogenated alkanes) is 3. The second-order valence-corrected chi connectivity index (χ2v) is 7.28. The van der Waals surface area contributed by atoms with Crippen LogP contribution in [0.4, 0.5) is 11.5 Å². The van der Waals surface area contributed by atoms with Crippen molar-refractivity contribution in [2.75, 3.05) is 17.2 Å². The lowest BCUT2D eigenvalue weighted by Crippen LogP contribution is -2.41. The summed E-state index contributed by atoms with van der Waals surface area (Å²) < 4.78 is 1.33. The van der Waals surface area contributed by atoms with Crippen LogP contribution in [0.25, 0.3) is 0 Å². The van der Waals surface area contributed by atoms with Gasteiger partial charge in [0.25, 0.3) is 11.5 Å². The summed E-state index contributed by atoms with van der Waals surface area (Å²) >= 11 is 1.23. The van der Waals surface area contributed by atoms with Crippen LogP contribution in [0.3, 0.4) is 0 Å². The minimum absolute atomic E-state index is 0.0317. The number of aromatic nitrogens is 3. The maximum atomic E-state index is 13.1. The van der Waals surface area contributed by atoms with Crippen molar-refractivity contribution in [3.8, 4) is 0 Å². The van der Waals surface area contributed by atoms with E-state index in [1.54, 1.807) is 12.4 Å². The lowest BCUT2D eigenvalue weighted by atomic mass is 10.2. The van der Waals surface area contributed by atoms with E-state index in [-0.39, 0.29) is 17.4 Å². The molecule has 0 aromatic carbocycles. The molecule has 2 aromatic rings. The fourth-order valence-electron chi connectivity index (χ4n) is 2.84. The van der Waals surface area contributed by atoms with Gasteiger partial charge in [-0.1, -0.05) is 33.1 Å². The normalized spacial score (nSPS) is 10.9. The summed E-state index contributed by atoms with van der Waals surface area (Å²) in [6.45, 7) is 6.56. The number of carbonyl (C=O) groups is 1. The molecule has 9 heteroatoms. The molecule has 0 radical (unpaired) electrons. The molecule has 8 nitrogen and oxygen atoms in total. The number of nitrogens with zero attached hydrogens (tertiary/aromatic N) is 3. The minimum atomic E-state index is -0.641. The smallest absolute Gasteiger partial charge is 0.330 e. The molecule has 2 aromatic heterocycles. The van der Waals surface area contributed by atoms with Crippen molar-refractivity contribution >= 4 is 28.7 Å². The fraction of sp³-hybridized carbons (Fsp3) is 0.556. The molecular weight excluding hydrogens is 366 g/mol. The molecule has 0 atom stereocenters. The number of aryl methyl sites for hydroxylation is 1. The Kier molecular flexibility index (Phi) is 7.35. The number of thiazole rings is 1. The fourth-order valence-corrected chi connectivity index (χ4v) is 3.59. The van der Waals surface area contributed by atoms with E-state index in [9.17, 15) is 14.4 Å². The quantitative estimate of drug-likeness (QED) is 0.635. The Hall–Kier alpha value is -2.42. The summed E-state index contributed by atoms with van der Waals surface area (Å²) in [5, 5.41) is 0. The molecule has 0 aliphatic rings. The molecule has 0 aliphatic carbocycles. The van der Waals surface area contributed by atoms with Crippen LogP contribution in [0.5, 0.6) is 0 Å². The van der Waals surface area contributed by atoms with Gasteiger partial charge in [-0.2, -0.15) is 0 Å². The molecule has 0 saturated heterocycles. The lowest BCUT2D eigenvalue weighted by molar-refractivity contribution is 0.0989. The topological polar surface area (TPSA) is 114 Å². The van der Waals surface area contributed by atoms with Gasteiger partial charge >= 0.3 is 5.69 Å². The highest BCUT2D eigenvalue weighted by Gasteiger charge is 2.26. The van der Waals surface area contributed by atoms with Gasteiger partial charge in [0.2, 0.25) is 0 Å². The molecule has 0 spiro atoms. The zero-order valence-electron chi connectivity index (χ0n) is 16.1. The summed E-state index contributed by atoms with van der Waals surface area (Å²) in [5.74, 6) is -0.284. The van der Waals surface area contributed by atoms with E-state index in [2.05, 4.69) is 16.9 Å². The largest absolute Gasteiger partial charge is 0.383 e. The Bertz CT molecular complexity index is 899. The van der Waals surface area contributed by atoms with Crippen molar-refractivity contribution in [2.24, 2.45) is 0 Å². The number of anilines is 2. The maximum Gasteiger partial charge on any atom is 0.330 e. The monoisotopic (exact) mass is 393 g/mol. The number of H-pyrrole nitrogens is 1. The highest BCUT2D eigenvalue weighted by Crippen LogP contribution is 2.23. The van der Waals surface area contributed by atoms with E-state index in [0.29, 0.717) is 23.7 Å². The number of nitrogens with two attached hydrogens (primary N) is 1. The third-order valence-corrected chi connectivity index (χ3v) is 5.31. The first-order valence-corrected chi connectivity index (χ1v) is 10.1. The average molecular weight is 394 g/mol. The predicted molar refractivity (Wildman–Crippen MR) is 109 cm³/mol. The number of aromatic amines is 1. The number of nitrogen functional groups attached to an aromatic ring is 1. The third-order valence-electron chi connectivity index (χ3n) is 4.39. The predicted octanol–water partition coefficient (Wildman–Crippen LogP) is 2.52. The number of amides is 1. The molecule has 0 fully saturated rings. The number of nitrogens with one attached hydrogen (secondary N) is 1. The van der Waals surface area contributed by atoms with Crippen LogP contribution in [0.15, 0.2) is 15.1 Å². The summed E-state index contributed by atoms with van der Waals surface area (Å²) in [5.41, 5.74) is 7.26. The van der Waals surface area contributed by atoms with Crippen molar-refractivity contribution < 1.29 is 4.79 Å². The third kappa shape index (κ3) is 4.65. The van der Waals surface area contributed by atoms with E-state index < -0.39 is 11.2 Å². The van der Waals surface area contributed by atoms with E-state index in [0.717, 1.165) is 32.1 Å². The van der Waals surface area contributed by atoms with Gasteiger partial charge in [-0.05, 0) is 19.8 Å². The van der Waals surface area contributed by atoms with Crippen LogP contribution in [-0.4, -0.2) is 27.0 Å². The van der Waals surface area contributed by atoms with Gasteiger partial charge < -0.3 is 5.73 Å². The molecule has 148 valence electrons.